The molecule has 0 spiro atoms. The van der Waals surface area contributed by atoms with Gasteiger partial charge in [-0.3, -0.25) is 0 Å². The summed E-state index contributed by atoms with van der Waals surface area (Å²) in [6, 6.07) is 0.285. The van der Waals surface area contributed by atoms with Crippen molar-refractivity contribution in [2.45, 2.75) is 31.7 Å². The lowest BCUT2D eigenvalue weighted by molar-refractivity contribution is 0.214. The standard InChI is InChI=1S/C9H21N3/c10-5-4-9(11)8-12-6-2-1-3-7-12/h9H,1-8,10-11H2. The van der Waals surface area contributed by atoms with Gasteiger partial charge in [-0.05, 0) is 38.9 Å². The van der Waals surface area contributed by atoms with Crippen LogP contribution in [0.25, 0.3) is 0 Å². The van der Waals surface area contributed by atoms with E-state index in [1.54, 1.807) is 0 Å². The van der Waals surface area contributed by atoms with Crippen LogP contribution in [-0.4, -0.2) is 37.1 Å². The molecule has 1 unspecified atom stereocenters. The Morgan fingerprint density at radius 1 is 1.17 bits per heavy atom. The van der Waals surface area contributed by atoms with E-state index in [1.165, 1.54) is 32.4 Å². The Balaban J connectivity index is 2.11. The molecule has 0 aromatic rings. The van der Waals surface area contributed by atoms with Gasteiger partial charge in [-0.25, -0.2) is 0 Å². The normalized spacial score (nSPS) is 22.5. The summed E-state index contributed by atoms with van der Waals surface area (Å²) in [5.41, 5.74) is 11.3. The number of piperidine rings is 1. The summed E-state index contributed by atoms with van der Waals surface area (Å²) < 4.78 is 0. The fourth-order valence-electron chi connectivity index (χ4n) is 1.78. The highest BCUT2D eigenvalue weighted by atomic mass is 15.1. The van der Waals surface area contributed by atoms with E-state index in [0.717, 1.165) is 19.5 Å². The SMILES string of the molecule is NCCC(N)CN1CCCCC1. The highest BCUT2D eigenvalue weighted by molar-refractivity contribution is 4.71. The fraction of sp³-hybridized carbons (Fsp3) is 1.00. The number of hydrogen-bond donors (Lipinski definition) is 2. The molecule has 0 saturated carbocycles. The Kier molecular flexibility index (Phi) is 4.58. The summed E-state index contributed by atoms with van der Waals surface area (Å²) in [5.74, 6) is 0. The zero-order chi connectivity index (χ0) is 8.81. The van der Waals surface area contributed by atoms with Crippen molar-refractivity contribution in [3.05, 3.63) is 0 Å². The molecule has 0 aromatic carbocycles. The largest absolute Gasteiger partial charge is 0.330 e. The lowest BCUT2D eigenvalue weighted by Crippen LogP contribution is -2.41. The molecule has 0 radical (unpaired) electrons. The first-order chi connectivity index (χ1) is 5.83. The summed E-state index contributed by atoms with van der Waals surface area (Å²) in [6.45, 7) is 4.22. The van der Waals surface area contributed by atoms with Crippen LogP contribution in [0.2, 0.25) is 0 Å². The van der Waals surface area contributed by atoms with E-state index in [1.807, 2.05) is 0 Å². The third-order valence-corrected chi connectivity index (χ3v) is 2.48. The molecule has 1 rings (SSSR count). The van der Waals surface area contributed by atoms with Crippen LogP contribution in [0.5, 0.6) is 0 Å². The molecule has 0 amide bonds. The molecule has 1 heterocycles. The van der Waals surface area contributed by atoms with Gasteiger partial charge in [0.1, 0.15) is 0 Å². The maximum absolute atomic E-state index is 5.89. The van der Waals surface area contributed by atoms with Gasteiger partial charge in [-0.2, -0.15) is 0 Å². The minimum Gasteiger partial charge on any atom is -0.330 e. The first-order valence-electron chi connectivity index (χ1n) is 5.01. The predicted octanol–water partition coefficient (Wildman–Crippen LogP) is 0.148. The van der Waals surface area contributed by atoms with Crippen molar-refractivity contribution >= 4 is 0 Å². The number of nitrogens with zero attached hydrogens (tertiary/aromatic N) is 1. The van der Waals surface area contributed by atoms with E-state index in [4.69, 9.17) is 11.5 Å². The van der Waals surface area contributed by atoms with Gasteiger partial charge in [0.2, 0.25) is 0 Å². The maximum Gasteiger partial charge on any atom is 0.0179 e. The zero-order valence-electron chi connectivity index (χ0n) is 7.84. The zero-order valence-corrected chi connectivity index (χ0v) is 7.84. The molecule has 1 aliphatic rings. The van der Waals surface area contributed by atoms with E-state index in [0.29, 0.717) is 0 Å². The molecule has 1 atom stereocenters. The molecular formula is C9H21N3. The first kappa shape index (κ1) is 9.96. The van der Waals surface area contributed by atoms with E-state index >= 15 is 0 Å². The number of hydrogen-bond acceptors (Lipinski definition) is 3. The van der Waals surface area contributed by atoms with E-state index < -0.39 is 0 Å². The van der Waals surface area contributed by atoms with Gasteiger partial charge in [0.25, 0.3) is 0 Å². The monoisotopic (exact) mass is 171 g/mol. The predicted molar refractivity (Wildman–Crippen MR) is 51.9 cm³/mol. The van der Waals surface area contributed by atoms with Gasteiger partial charge in [-0.15, -0.1) is 0 Å². The lowest BCUT2D eigenvalue weighted by Gasteiger charge is -2.28. The molecule has 1 saturated heterocycles. The summed E-state index contributed by atoms with van der Waals surface area (Å²) in [7, 11) is 0. The van der Waals surface area contributed by atoms with Gasteiger partial charge in [0.05, 0.1) is 0 Å². The Labute approximate surface area is 75.1 Å². The summed E-state index contributed by atoms with van der Waals surface area (Å²) in [5, 5.41) is 0. The van der Waals surface area contributed by atoms with Gasteiger partial charge in [-0.1, -0.05) is 6.42 Å². The van der Waals surface area contributed by atoms with E-state index in [2.05, 4.69) is 4.90 Å². The summed E-state index contributed by atoms with van der Waals surface area (Å²) >= 11 is 0. The van der Waals surface area contributed by atoms with Crippen molar-refractivity contribution < 1.29 is 0 Å². The third-order valence-electron chi connectivity index (χ3n) is 2.48. The Morgan fingerprint density at radius 3 is 2.42 bits per heavy atom. The fourth-order valence-corrected chi connectivity index (χ4v) is 1.78. The Hall–Kier alpha value is -0.120. The smallest absolute Gasteiger partial charge is 0.0179 e. The second-order valence-electron chi connectivity index (χ2n) is 3.70. The Morgan fingerprint density at radius 2 is 1.83 bits per heavy atom. The lowest BCUT2D eigenvalue weighted by atomic mass is 10.1. The average Bonchev–Trinajstić information content (AvgIpc) is 2.06. The van der Waals surface area contributed by atoms with Crippen LogP contribution in [0.4, 0.5) is 0 Å². The van der Waals surface area contributed by atoms with Crippen LogP contribution in [0.1, 0.15) is 25.7 Å². The minimum absolute atomic E-state index is 0.285. The second-order valence-corrected chi connectivity index (χ2v) is 3.70. The topological polar surface area (TPSA) is 55.3 Å². The molecule has 72 valence electrons. The first-order valence-corrected chi connectivity index (χ1v) is 5.01. The van der Waals surface area contributed by atoms with E-state index in [-0.39, 0.29) is 6.04 Å². The van der Waals surface area contributed by atoms with Gasteiger partial charge in [0.15, 0.2) is 0 Å². The quantitative estimate of drug-likeness (QED) is 0.633. The van der Waals surface area contributed by atoms with Gasteiger partial charge < -0.3 is 16.4 Å². The van der Waals surface area contributed by atoms with Crippen molar-refractivity contribution in [2.75, 3.05) is 26.2 Å². The molecule has 1 fully saturated rings. The van der Waals surface area contributed by atoms with E-state index in [9.17, 15) is 0 Å². The highest BCUT2D eigenvalue weighted by Crippen LogP contribution is 2.08. The van der Waals surface area contributed by atoms with Crippen molar-refractivity contribution in [2.24, 2.45) is 11.5 Å². The molecule has 0 aromatic heterocycles. The van der Waals surface area contributed by atoms with Crippen molar-refractivity contribution in [3.63, 3.8) is 0 Å². The van der Waals surface area contributed by atoms with Crippen molar-refractivity contribution in [3.8, 4) is 0 Å². The number of nitrogens with two attached hydrogens (primary N) is 2. The maximum atomic E-state index is 5.89. The Bertz CT molecular complexity index is 110. The van der Waals surface area contributed by atoms with Crippen molar-refractivity contribution in [1.82, 2.24) is 4.90 Å². The number of rotatable bonds is 4. The third kappa shape index (κ3) is 3.52. The highest BCUT2D eigenvalue weighted by Gasteiger charge is 2.12. The summed E-state index contributed by atoms with van der Waals surface area (Å²) in [4.78, 5) is 2.46. The van der Waals surface area contributed by atoms with Crippen LogP contribution in [-0.2, 0) is 0 Å². The average molecular weight is 171 g/mol. The number of likely N-dealkylation sites (tertiary alicyclic amines) is 1. The van der Waals surface area contributed by atoms with Crippen LogP contribution in [0.15, 0.2) is 0 Å². The van der Waals surface area contributed by atoms with Crippen LogP contribution in [0.3, 0.4) is 0 Å². The minimum atomic E-state index is 0.285. The van der Waals surface area contributed by atoms with Crippen LogP contribution >= 0.6 is 0 Å². The molecule has 3 nitrogen and oxygen atoms in total. The summed E-state index contributed by atoms with van der Waals surface area (Å²) in [6.07, 6.45) is 5.03. The molecule has 3 heteroatoms. The molecule has 4 N–H and O–H groups in total. The molecular weight excluding hydrogens is 150 g/mol. The van der Waals surface area contributed by atoms with Gasteiger partial charge >= 0.3 is 0 Å². The van der Waals surface area contributed by atoms with Crippen LogP contribution < -0.4 is 11.5 Å². The van der Waals surface area contributed by atoms with Gasteiger partial charge in [0, 0.05) is 12.6 Å². The van der Waals surface area contributed by atoms with Crippen molar-refractivity contribution in [1.29, 1.82) is 0 Å². The van der Waals surface area contributed by atoms with Crippen LogP contribution in [0, 0.1) is 0 Å². The second kappa shape index (κ2) is 5.51. The molecule has 1 aliphatic heterocycles. The molecule has 12 heavy (non-hydrogen) atoms. The molecule has 0 aliphatic carbocycles. The molecule has 0 bridgehead atoms.